The minimum atomic E-state index is -0.820. The van der Waals surface area contributed by atoms with E-state index in [1.807, 2.05) is 24.3 Å². The quantitative estimate of drug-likeness (QED) is 0.754. The standard InChI is InChI=1S/C23H23NO4/c1-4-11-23(14-24)19-9-7-17(21(25)27-2)12-15(19)5-6-16-13-18(22(26)28-3)8-10-20(16)23/h7-10,12-13H,4-6,11H2,1-3H3. The van der Waals surface area contributed by atoms with Crippen molar-refractivity contribution in [3.8, 4) is 6.07 Å². The summed E-state index contributed by atoms with van der Waals surface area (Å²) in [5.74, 6) is -0.786. The lowest BCUT2D eigenvalue weighted by atomic mass is 9.70. The molecule has 5 heteroatoms. The van der Waals surface area contributed by atoms with Gasteiger partial charge in [0.25, 0.3) is 0 Å². The molecule has 1 aliphatic rings. The number of ether oxygens (including phenoxy) is 2. The van der Waals surface area contributed by atoms with Gasteiger partial charge in [0.15, 0.2) is 0 Å². The minimum Gasteiger partial charge on any atom is -0.465 e. The average molecular weight is 377 g/mol. The Balaban J connectivity index is 2.23. The van der Waals surface area contributed by atoms with Crippen molar-refractivity contribution in [1.82, 2.24) is 0 Å². The number of nitrogens with zero attached hydrogens (tertiary/aromatic N) is 1. The van der Waals surface area contributed by atoms with Crippen LogP contribution in [0.5, 0.6) is 0 Å². The Bertz CT molecular complexity index is 904. The van der Waals surface area contributed by atoms with Crippen LogP contribution >= 0.6 is 0 Å². The predicted molar refractivity (Wildman–Crippen MR) is 104 cm³/mol. The van der Waals surface area contributed by atoms with Crippen molar-refractivity contribution in [3.63, 3.8) is 0 Å². The molecule has 0 N–H and O–H groups in total. The third-order valence-corrected chi connectivity index (χ3v) is 5.45. The number of methoxy groups -OCH3 is 2. The van der Waals surface area contributed by atoms with Crippen molar-refractivity contribution >= 4 is 11.9 Å². The van der Waals surface area contributed by atoms with Crippen LogP contribution in [0.2, 0.25) is 0 Å². The van der Waals surface area contributed by atoms with E-state index in [4.69, 9.17) is 9.47 Å². The number of hydrogen-bond donors (Lipinski definition) is 0. The lowest BCUT2D eigenvalue weighted by molar-refractivity contribution is 0.0591. The predicted octanol–water partition coefficient (Wildman–Crippen LogP) is 3.97. The van der Waals surface area contributed by atoms with Gasteiger partial charge < -0.3 is 9.47 Å². The first-order valence-electron chi connectivity index (χ1n) is 9.35. The van der Waals surface area contributed by atoms with E-state index in [0.717, 1.165) is 28.7 Å². The zero-order valence-electron chi connectivity index (χ0n) is 16.4. The highest BCUT2D eigenvalue weighted by atomic mass is 16.5. The van der Waals surface area contributed by atoms with Crippen molar-refractivity contribution in [1.29, 1.82) is 5.26 Å². The first-order chi connectivity index (χ1) is 13.5. The summed E-state index contributed by atoms with van der Waals surface area (Å²) in [6.45, 7) is 2.05. The maximum atomic E-state index is 12.0. The second-order valence-electron chi connectivity index (χ2n) is 6.99. The van der Waals surface area contributed by atoms with Gasteiger partial charge in [-0.2, -0.15) is 5.26 Å². The highest BCUT2D eigenvalue weighted by Gasteiger charge is 2.39. The fourth-order valence-electron chi connectivity index (χ4n) is 4.16. The summed E-state index contributed by atoms with van der Waals surface area (Å²) >= 11 is 0. The number of benzene rings is 2. The van der Waals surface area contributed by atoms with E-state index < -0.39 is 17.4 Å². The lowest BCUT2D eigenvalue weighted by Crippen LogP contribution is -2.27. The van der Waals surface area contributed by atoms with Crippen LogP contribution in [0.1, 0.15) is 62.7 Å². The number of carbonyl (C=O) groups is 2. The van der Waals surface area contributed by atoms with Gasteiger partial charge in [0.05, 0.1) is 31.4 Å². The largest absolute Gasteiger partial charge is 0.465 e. The number of rotatable bonds is 4. The molecule has 2 aromatic carbocycles. The Labute approximate surface area is 164 Å². The van der Waals surface area contributed by atoms with Crippen LogP contribution in [0.3, 0.4) is 0 Å². The smallest absolute Gasteiger partial charge is 0.337 e. The molecule has 0 saturated heterocycles. The van der Waals surface area contributed by atoms with Crippen LogP contribution in [0.4, 0.5) is 0 Å². The Morgan fingerprint density at radius 1 is 0.964 bits per heavy atom. The molecule has 0 atom stereocenters. The number of aryl methyl sites for hydroxylation is 2. The molecule has 3 rings (SSSR count). The van der Waals surface area contributed by atoms with Crippen molar-refractivity contribution in [2.24, 2.45) is 0 Å². The summed E-state index contributed by atoms with van der Waals surface area (Å²) in [4.78, 5) is 23.9. The molecule has 28 heavy (non-hydrogen) atoms. The molecule has 5 nitrogen and oxygen atoms in total. The first-order valence-corrected chi connectivity index (χ1v) is 9.35. The van der Waals surface area contributed by atoms with Gasteiger partial charge in [-0.05, 0) is 65.8 Å². The van der Waals surface area contributed by atoms with Crippen molar-refractivity contribution in [3.05, 3.63) is 69.8 Å². The second kappa shape index (κ2) is 7.85. The maximum Gasteiger partial charge on any atom is 0.337 e. The van der Waals surface area contributed by atoms with Crippen molar-refractivity contribution in [2.75, 3.05) is 14.2 Å². The van der Waals surface area contributed by atoms with Gasteiger partial charge in [-0.15, -0.1) is 0 Å². The third kappa shape index (κ3) is 3.16. The Morgan fingerprint density at radius 2 is 1.43 bits per heavy atom. The van der Waals surface area contributed by atoms with Crippen LogP contribution < -0.4 is 0 Å². The van der Waals surface area contributed by atoms with Gasteiger partial charge in [-0.3, -0.25) is 0 Å². The molecule has 1 aliphatic carbocycles. The zero-order valence-corrected chi connectivity index (χ0v) is 16.4. The maximum absolute atomic E-state index is 12.0. The fourth-order valence-corrected chi connectivity index (χ4v) is 4.16. The van der Waals surface area contributed by atoms with E-state index in [0.29, 0.717) is 30.4 Å². The Kier molecular flexibility index (Phi) is 5.51. The number of fused-ring (bicyclic) bond motifs is 2. The van der Waals surface area contributed by atoms with Gasteiger partial charge in [0, 0.05) is 0 Å². The number of carbonyl (C=O) groups excluding carboxylic acids is 2. The summed E-state index contributed by atoms with van der Waals surface area (Å²) in [5.41, 5.74) is 3.92. The monoisotopic (exact) mass is 377 g/mol. The van der Waals surface area contributed by atoms with Gasteiger partial charge in [0.1, 0.15) is 5.41 Å². The summed E-state index contributed by atoms with van der Waals surface area (Å²) in [7, 11) is 2.71. The minimum absolute atomic E-state index is 0.393. The molecule has 0 spiro atoms. The summed E-state index contributed by atoms with van der Waals surface area (Å²) in [6, 6.07) is 13.4. The molecular weight excluding hydrogens is 354 g/mol. The molecule has 0 heterocycles. The van der Waals surface area contributed by atoms with Gasteiger partial charge in [0.2, 0.25) is 0 Å². The zero-order chi connectivity index (χ0) is 20.3. The molecule has 0 saturated carbocycles. The summed E-state index contributed by atoms with van der Waals surface area (Å²) < 4.78 is 9.69. The molecule has 0 bridgehead atoms. The Hall–Kier alpha value is -3.13. The molecule has 0 aliphatic heterocycles. The van der Waals surface area contributed by atoms with Crippen LogP contribution in [0, 0.1) is 11.3 Å². The molecule has 144 valence electrons. The second-order valence-corrected chi connectivity index (χ2v) is 6.99. The highest BCUT2D eigenvalue weighted by Crippen LogP contribution is 2.43. The van der Waals surface area contributed by atoms with E-state index >= 15 is 0 Å². The average Bonchev–Trinajstić information content (AvgIpc) is 2.87. The Morgan fingerprint density at radius 3 is 1.79 bits per heavy atom. The SMILES string of the molecule is CCCC1(C#N)c2ccc(C(=O)OC)cc2CCc2cc(C(=O)OC)ccc21. The van der Waals surface area contributed by atoms with Crippen LogP contribution in [0.15, 0.2) is 36.4 Å². The highest BCUT2D eigenvalue weighted by molar-refractivity contribution is 5.90. The van der Waals surface area contributed by atoms with Crippen molar-refractivity contribution in [2.45, 2.75) is 38.0 Å². The summed E-state index contributed by atoms with van der Waals surface area (Å²) in [5, 5.41) is 10.3. The van der Waals surface area contributed by atoms with Gasteiger partial charge >= 0.3 is 11.9 Å². The van der Waals surface area contributed by atoms with E-state index in [-0.39, 0.29) is 0 Å². The van der Waals surface area contributed by atoms with Crippen LogP contribution in [0.25, 0.3) is 0 Å². The van der Waals surface area contributed by atoms with Crippen LogP contribution in [-0.4, -0.2) is 26.2 Å². The van der Waals surface area contributed by atoms with E-state index in [9.17, 15) is 14.9 Å². The van der Waals surface area contributed by atoms with Gasteiger partial charge in [-0.25, -0.2) is 9.59 Å². The van der Waals surface area contributed by atoms with Gasteiger partial charge in [-0.1, -0.05) is 25.5 Å². The molecule has 0 aromatic heterocycles. The fraction of sp³-hybridized carbons (Fsp3) is 0.348. The lowest BCUT2D eigenvalue weighted by Gasteiger charge is -2.29. The van der Waals surface area contributed by atoms with Crippen molar-refractivity contribution < 1.29 is 19.1 Å². The normalized spacial score (nSPS) is 14.1. The number of nitriles is 1. The molecule has 0 fully saturated rings. The van der Waals surface area contributed by atoms with E-state index in [1.54, 1.807) is 12.1 Å². The molecular formula is C23H23NO4. The topological polar surface area (TPSA) is 76.4 Å². The molecule has 0 amide bonds. The number of esters is 2. The van der Waals surface area contributed by atoms with Crippen LogP contribution in [-0.2, 0) is 27.7 Å². The van der Waals surface area contributed by atoms with E-state index in [1.165, 1.54) is 14.2 Å². The first kappa shape index (κ1) is 19.6. The summed E-state index contributed by atoms with van der Waals surface area (Å²) in [6.07, 6.45) is 2.82. The molecule has 2 aromatic rings. The van der Waals surface area contributed by atoms with E-state index in [2.05, 4.69) is 13.0 Å². The number of hydrogen-bond acceptors (Lipinski definition) is 5. The molecule has 0 radical (unpaired) electrons. The molecule has 0 unspecified atom stereocenters. The third-order valence-electron chi connectivity index (χ3n) is 5.45.